The third-order valence-corrected chi connectivity index (χ3v) is 4.42. The van der Waals surface area contributed by atoms with Gasteiger partial charge < -0.3 is 25.6 Å². The van der Waals surface area contributed by atoms with Crippen molar-refractivity contribution in [2.45, 2.75) is 12.8 Å². The van der Waals surface area contributed by atoms with Crippen molar-refractivity contribution < 1.29 is 13.9 Å². The predicted molar refractivity (Wildman–Crippen MR) is 116 cm³/mol. The number of ether oxygens (including phenoxy) is 1. The Kier molecular flexibility index (Phi) is 8.51. The zero-order valence-electron chi connectivity index (χ0n) is 17.4. The number of anilines is 3. The molecule has 1 amide bonds. The number of aromatic nitrogens is 3. The van der Waals surface area contributed by atoms with Crippen LogP contribution in [0.25, 0.3) is 0 Å². The molecule has 3 rings (SSSR count). The summed E-state index contributed by atoms with van der Waals surface area (Å²) in [7, 11) is 1.73. The van der Waals surface area contributed by atoms with Gasteiger partial charge in [-0.25, -0.2) is 9.97 Å². The number of morpholine rings is 1. The van der Waals surface area contributed by atoms with E-state index < -0.39 is 5.95 Å². The van der Waals surface area contributed by atoms with E-state index in [0.29, 0.717) is 68.8 Å². The predicted octanol–water partition coefficient (Wildman–Crippen LogP) is 1.06. The fourth-order valence-corrected chi connectivity index (χ4v) is 2.93. The summed E-state index contributed by atoms with van der Waals surface area (Å²) in [4.78, 5) is 26.0. The second-order valence-electron chi connectivity index (χ2n) is 6.81. The van der Waals surface area contributed by atoms with Crippen LogP contribution in [0, 0.1) is 17.8 Å². The van der Waals surface area contributed by atoms with E-state index in [1.54, 1.807) is 19.3 Å². The fraction of sp³-hybridized carbons (Fsp3) is 0.429. The number of likely N-dealkylation sites (N-methyl/N-ethyl adjacent to an activating group) is 1. The van der Waals surface area contributed by atoms with Crippen molar-refractivity contribution in [1.82, 2.24) is 25.6 Å². The molecule has 0 aliphatic carbocycles. The number of hydrogen-bond donors (Lipinski definition) is 3. The number of unbranched alkanes of at least 4 members (excludes halogenated alkanes) is 1. The van der Waals surface area contributed by atoms with Crippen LogP contribution in [0.4, 0.5) is 21.8 Å². The minimum atomic E-state index is -0.581. The minimum absolute atomic E-state index is 0.0318. The van der Waals surface area contributed by atoms with Gasteiger partial charge in [-0.15, -0.1) is 0 Å². The molecule has 1 saturated heterocycles. The highest BCUT2D eigenvalue weighted by atomic mass is 19.1. The maximum Gasteiger partial charge on any atom is 0.233 e. The number of halogens is 1. The zero-order chi connectivity index (χ0) is 21.9. The number of carbonyl (C=O) groups excluding carboxylic acids is 1. The van der Waals surface area contributed by atoms with Gasteiger partial charge in [-0.1, -0.05) is 11.8 Å². The molecular weight excluding hydrogens is 401 g/mol. The van der Waals surface area contributed by atoms with Gasteiger partial charge >= 0.3 is 0 Å². The third kappa shape index (κ3) is 7.16. The van der Waals surface area contributed by atoms with Crippen LogP contribution in [-0.4, -0.2) is 67.3 Å². The van der Waals surface area contributed by atoms with E-state index in [1.807, 2.05) is 0 Å². The average Bonchev–Trinajstić information content (AvgIpc) is 2.77. The highest BCUT2D eigenvalue weighted by Crippen LogP contribution is 2.21. The van der Waals surface area contributed by atoms with Crippen molar-refractivity contribution in [3.8, 4) is 11.8 Å². The summed E-state index contributed by atoms with van der Waals surface area (Å²) in [6.07, 6.45) is 4.43. The van der Waals surface area contributed by atoms with Gasteiger partial charge in [0.2, 0.25) is 17.8 Å². The van der Waals surface area contributed by atoms with Gasteiger partial charge in [0.25, 0.3) is 0 Å². The zero-order valence-corrected chi connectivity index (χ0v) is 17.4. The molecule has 2 aromatic heterocycles. The molecular formula is C21H26FN7O2. The Bertz CT molecular complexity index is 939. The summed E-state index contributed by atoms with van der Waals surface area (Å²) < 4.78 is 18.8. The molecule has 3 heterocycles. The lowest BCUT2D eigenvalue weighted by Crippen LogP contribution is -2.37. The topological polar surface area (TPSA) is 104 Å². The number of nitrogens with one attached hydrogen (secondary N) is 3. The van der Waals surface area contributed by atoms with Crippen molar-refractivity contribution >= 4 is 23.4 Å². The molecule has 0 bridgehead atoms. The van der Waals surface area contributed by atoms with Crippen molar-refractivity contribution in [2.75, 3.05) is 56.7 Å². The fourth-order valence-electron chi connectivity index (χ4n) is 2.93. The second kappa shape index (κ2) is 11.8. The summed E-state index contributed by atoms with van der Waals surface area (Å²) in [5, 5.41) is 8.63. The van der Waals surface area contributed by atoms with Gasteiger partial charge in [-0.2, -0.15) is 9.37 Å². The van der Waals surface area contributed by atoms with Gasteiger partial charge in [0.05, 0.1) is 31.5 Å². The van der Waals surface area contributed by atoms with E-state index in [0.717, 1.165) is 6.42 Å². The van der Waals surface area contributed by atoms with Crippen LogP contribution in [0.15, 0.2) is 24.5 Å². The monoisotopic (exact) mass is 427 g/mol. The van der Waals surface area contributed by atoms with Gasteiger partial charge in [-0.3, -0.25) is 4.79 Å². The summed E-state index contributed by atoms with van der Waals surface area (Å²) >= 11 is 0. The molecule has 10 heteroatoms. The normalized spacial score (nSPS) is 13.3. The molecule has 0 saturated carbocycles. The largest absolute Gasteiger partial charge is 0.378 e. The van der Waals surface area contributed by atoms with Crippen LogP contribution < -0.4 is 20.9 Å². The Balaban J connectivity index is 1.68. The molecule has 31 heavy (non-hydrogen) atoms. The van der Waals surface area contributed by atoms with Crippen LogP contribution in [0.3, 0.4) is 0 Å². The van der Waals surface area contributed by atoms with E-state index >= 15 is 0 Å². The summed E-state index contributed by atoms with van der Waals surface area (Å²) in [5.74, 6) is 6.73. The molecule has 0 spiro atoms. The summed E-state index contributed by atoms with van der Waals surface area (Å²) in [6, 6.07) is 2.92. The van der Waals surface area contributed by atoms with E-state index in [1.165, 1.54) is 12.3 Å². The van der Waals surface area contributed by atoms with Crippen LogP contribution >= 0.6 is 0 Å². The molecule has 0 atom stereocenters. The molecule has 1 fully saturated rings. The number of pyridine rings is 1. The lowest BCUT2D eigenvalue weighted by molar-refractivity contribution is -0.120. The molecule has 2 aromatic rings. The van der Waals surface area contributed by atoms with E-state index in [4.69, 9.17) is 4.74 Å². The molecule has 0 unspecified atom stereocenters. The van der Waals surface area contributed by atoms with E-state index in [-0.39, 0.29) is 5.91 Å². The molecule has 3 N–H and O–H groups in total. The third-order valence-electron chi connectivity index (χ3n) is 4.42. The minimum Gasteiger partial charge on any atom is -0.378 e. The number of amides is 1. The maximum absolute atomic E-state index is 13.4. The first kappa shape index (κ1) is 22.4. The first-order valence-corrected chi connectivity index (χ1v) is 10.1. The Morgan fingerprint density at radius 2 is 2.16 bits per heavy atom. The van der Waals surface area contributed by atoms with Gasteiger partial charge in [0, 0.05) is 44.0 Å². The Hall–Kier alpha value is -3.29. The molecule has 1 aliphatic heterocycles. The van der Waals surface area contributed by atoms with Crippen LogP contribution in [0.1, 0.15) is 18.4 Å². The van der Waals surface area contributed by atoms with Crippen molar-refractivity contribution in [3.05, 3.63) is 36.0 Å². The first-order valence-electron chi connectivity index (χ1n) is 10.1. The molecule has 0 aromatic carbocycles. The lowest BCUT2D eigenvalue weighted by Gasteiger charge is -2.28. The summed E-state index contributed by atoms with van der Waals surface area (Å²) in [6.45, 7) is 3.51. The lowest BCUT2D eigenvalue weighted by atomic mass is 10.2. The molecule has 1 aliphatic rings. The average molecular weight is 427 g/mol. The highest BCUT2D eigenvalue weighted by molar-refractivity contribution is 5.77. The quantitative estimate of drug-likeness (QED) is 0.326. The summed E-state index contributed by atoms with van der Waals surface area (Å²) in [5.41, 5.74) is 1.23. The van der Waals surface area contributed by atoms with Crippen molar-refractivity contribution in [3.63, 3.8) is 0 Å². The Labute approximate surface area is 180 Å². The van der Waals surface area contributed by atoms with Crippen molar-refractivity contribution in [2.24, 2.45) is 0 Å². The number of hydrogen-bond acceptors (Lipinski definition) is 8. The molecule has 164 valence electrons. The number of carbonyl (C=O) groups is 1. The van der Waals surface area contributed by atoms with Crippen LogP contribution in [-0.2, 0) is 9.53 Å². The number of nitrogens with zero attached hydrogens (tertiary/aromatic N) is 4. The SMILES string of the molecule is CNCC(=O)NCCCC#Cc1cnc(Nc2ccnc(F)c2)nc1N1CCOCC1. The first-order chi connectivity index (χ1) is 15.2. The van der Waals surface area contributed by atoms with Crippen molar-refractivity contribution in [1.29, 1.82) is 0 Å². The van der Waals surface area contributed by atoms with Crippen LogP contribution in [0.2, 0.25) is 0 Å². The van der Waals surface area contributed by atoms with E-state index in [9.17, 15) is 9.18 Å². The maximum atomic E-state index is 13.4. The van der Waals surface area contributed by atoms with Gasteiger partial charge in [0.1, 0.15) is 5.82 Å². The highest BCUT2D eigenvalue weighted by Gasteiger charge is 2.17. The smallest absolute Gasteiger partial charge is 0.233 e. The Morgan fingerprint density at radius 3 is 2.94 bits per heavy atom. The Morgan fingerprint density at radius 1 is 1.32 bits per heavy atom. The van der Waals surface area contributed by atoms with E-state index in [2.05, 4.69) is 47.6 Å². The molecule has 0 radical (unpaired) electrons. The standard InChI is InChI=1S/C21H26FN7O2/c1-23-15-19(30)25-7-4-2-3-5-16-14-26-21(27-17-6-8-24-18(22)13-17)28-20(16)29-9-11-31-12-10-29/h6,8,13-14,23H,2,4,7,9-12,15H2,1H3,(H,25,30)(H,24,26,27,28). The van der Waals surface area contributed by atoms with Crippen LogP contribution in [0.5, 0.6) is 0 Å². The van der Waals surface area contributed by atoms with Gasteiger partial charge in [-0.05, 0) is 19.5 Å². The second-order valence-corrected chi connectivity index (χ2v) is 6.81. The molecule has 9 nitrogen and oxygen atoms in total. The number of rotatable bonds is 8. The van der Waals surface area contributed by atoms with Gasteiger partial charge in [0.15, 0.2) is 0 Å².